The van der Waals surface area contributed by atoms with Gasteiger partial charge in [-0.05, 0) is 31.0 Å². The Morgan fingerprint density at radius 3 is 2.39 bits per heavy atom. The molecular formula is C19H23ClF3NO4. The number of benzene rings is 1. The monoisotopic (exact) mass is 421 g/mol. The number of amides is 1. The molecule has 9 heteroatoms. The Kier molecular flexibility index (Phi) is 9.85. The van der Waals surface area contributed by atoms with Crippen molar-refractivity contribution in [1.29, 1.82) is 0 Å². The van der Waals surface area contributed by atoms with Crippen LogP contribution in [-0.4, -0.2) is 36.6 Å². The Labute approximate surface area is 166 Å². The molecule has 0 saturated carbocycles. The summed E-state index contributed by atoms with van der Waals surface area (Å²) in [6.07, 6.45) is -3.80. The molecule has 0 aromatic heterocycles. The van der Waals surface area contributed by atoms with Gasteiger partial charge < -0.3 is 14.8 Å². The average Bonchev–Trinajstić information content (AvgIpc) is 2.59. The molecule has 1 aromatic carbocycles. The minimum Gasteiger partial charge on any atom is -0.464 e. The number of hydrogen-bond acceptors (Lipinski definition) is 4. The van der Waals surface area contributed by atoms with E-state index in [1.165, 1.54) is 19.1 Å². The first kappa shape index (κ1) is 23.8. The summed E-state index contributed by atoms with van der Waals surface area (Å²) < 4.78 is 48.1. The van der Waals surface area contributed by atoms with E-state index >= 15 is 0 Å². The fourth-order valence-electron chi connectivity index (χ4n) is 2.34. The maximum atomic E-state index is 12.6. The molecule has 1 aromatic rings. The summed E-state index contributed by atoms with van der Waals surface area (Å²) in [5.74, 6) is -0.728. The predicted octanol–water partition coefficient (Wildman–Crippen LogP) is 4.14. The van der Waals surface area contributed by atoms with Crippen LogP contribution in [0.1, 0.15) is 32.3 Å². The summed E-state index contributed by atoms with van der Waals surface area (Å²) in [6.45, 7) is 3.13. The van der Waals surface area contributed by atoms with Crippen LogP contribution in [0.3, 0.4) is 0 Å². The van der Waals surface area contributed by atoms with Crippen LogP contribution < -0.4 is 10.1 Å². The van der Waals surface area contributed by atoms with Gasteiger partial charge in [-0.2, -0.15) is 13.2 Å². The zero-order valence-electron chi connectivity index (χ0n) is 15.6. The van der Waals surface area contributed by atoms with E-state index < -0.39 is 18.2 Å². The first-order valence-corrected chi connectivity index (χ1v) is 9.23. The summed E-state index contributed by atoms with van der Waals surface area (Å²) in [5.41, 5.74) is 0.682. The Bertz CT molecular complexity index is 675. The molecule has 0 radical (unpaired) electrons. The van der Waals surface area contributed by atoms with Crippen LogP contribution in [0.5, 0.6) is 5.75 Å². The molecule has 0 fully saturated rings. The summed E-state index contributed by atoms with van der Waals surface area (Å²) in [4.78, 5) is 23.2. The highest BCUT2D eigenvalue weighted by molar-refractivity contribution is 6.17. The molecule has 0 heterocycles. The van der Waals surface area contributed by atoms with Crippen molar-refractivity contribution in [3.05, 3.63) is 41.7 Å². The lowest BCUT2D eigenvalue weighted by Crippen LogP contribution is -2.42. The van der Waals surface area contributed by atoms with Crippen molar-refractivity contribution in [2.75, 3.05) is 12.5 Å². The van der Waals surface area contributed by atoms with Gasteiger partial charge in [0.1, 0.15) is 17.6 Å². The maximum Gasteiger partial charge on any atom is 0.412 e. The van der Waals surface area contributed by atoms with Gasteiger partial charge in [0.15, 0.2) is 0 Å². The number of nitrogens with one attached hydrogen (secondary N) is 1. The molecule has 0 aliphatic rings. The number of allylic oxidation sites excluding steroid dienone is 2. The van der Waals surface area contributed by atoms with Gasteiger partial charge in [-0.1, -0.05) is 12.1 Å². The van der Waals surface area contributed by atoms with Crippen molar-refractivity contribution in [2.45, 2.75) is 45.3 Å². The average molecular weight is 422 g/mol. The van der Waals surface area contributed by atoms with Crippen LogP contribution in [0, 0.1) is 0 Å². The normalized spacial score (nSPS) is 13.0. The number of hydrogen-bond donors (Lipinski definition) is 1. The molecule has 0 unspecified atom stereocenters. The minimum absolute atomic E-state index is 0.0538. The van der Waals surface area contributed by atoms with E-state index in [9.17, 15) is 22.8 Å². The Hall–Kier alpha value is -2.22. The van der Waals surface area contributed by atoms with Crippen LogP contribution in [0.25, 0.3) is 0 Å². The third-order valence-electron chi connectivity index (χ3n) is 3.44. The molecule has 156 valence electrons. The Morgan fingerprint density at radius 1 is 1.25 bits per heavy atom. The molecular weight excluding hydrogens is 399 g/mol. The van der Waals surface area contributed by atoms with Crippen molar-refractivity contribution in [3.63, 3.8) is 0 Å². The maximum absolute atomic E-state index is 12.6. The van der Waals surface area contributed by atoms with E-state index in [2.05, 4.69) is 5.32 Å². The lowest BCUT2D eigenvalue weighted by molar-refractivity contribution is -0.147. The van der Waals surface area contributed by atoms with E-state index in [0.717, 1.165) is 0 Å². The third kappa shape index (κ3) is 9.64. The largest absolute Gasteiger partial charge is 0.464 e. The molecule has 0 spiro atoms. The summed E-state index contributed by atoms with van der Waals surface area (Å²) in [7, 11) is 0. The van der Waals surface area contributed by atoms with Crippen LogP contribution in [0.2, 0.25) is 0 Å². The number of halogens is 4. The lowest BCUT2D eigenvalue weighted by Gasteiger charge is -2.17. The summed E-state index contributed by atoms with van der Waals surface area (Å²) in [6, 6.07) is 5.35. The van der Waals surface area contributed by atoms with Gasteiger partial charge >= 0.3 is 12.1 Å². The van der Waals surface area contributed by atoms with Crippen molar-refractivity contribution < 1.29 is 32.2 Å². The zero-order chi connectivity index (χ0) is 21.2. The van der Waals surface area contributed by atoms with Gasteiger partial charge in [-0.3, -0.25) is 4.79 Å². The quantitative estimate of drug-likeness (QED) is 0.350. The van der Waals surface area contributed by atoms with Gasteiger partial charge in [0.2, 0.25) is 5.91 Å². The van der Waals surface area contributed by atoms with Gasteiger partial charge in [-0.15, -0.1) is 11.6 Å². The van der Waals surface area contributed by atoms with E-state index in [1.807, 2.05) is 0 Å². The topological polar surface area (TPSA) is 64.6 Å². The predicted molar refractivity (Wildman–Crippen MR) is 99.1 cm³/mol. The lowest BCUT2D eigenvalue weighted by atomic mass is 10.1. The Morgan fingerprint density at radius 2 is 1.89 bits per heavy atom. The zero-order valence-corrected chi connectivity index (χ0v) is 16.4. The summed E-state index contributed by atoms with van der Waals surface area (Å²) in [5, 5.41) is 2.52. The van der Waals surface area contributed by atoms with Crippen LogP contribution in [-0.2, 0) is 20.7 Å². The Balaban J connectivity index is 2.86. The first-order chi connectivity index (χ1) is 13.1. The number of ether oxygens (including phenoxy) is 2. The highest BCUT2D eigenvalue weighted by Crippen LogP contribution is 2.24. The standard InChI is InChI=1S/C19H23ClF3NO4/c1-3-27-18(26)17(24-13(2)25)11-14-6-8-15(9-7-14)28-16(5-4-10-20)12-19(21,22)23/h6-9,12,17H,3-5,10-11H2,1-2H3,(H,24,25)/b16-12-/t17-/m0/s1. The molecule has 1 atom stereocenters. The highest BCUT2D eigenvalue weighted by Gasteiger charge is 2.25. The van der Waals surface area contributed by atoms with Crippen LogP contribution >= 0.6 is 11.6 Å². The fraction of sp³-hybridized carbons (Fsp3) is 0.474. The van der Waals surface area contributed by atoms with Gasteiger partial charge in [0, 0.05) is 25.6 Å². The van der Waals surface area contributed by atoms with Crippen molar-refractivity contribution in [1.82, 2.24) is 5.32 Å². The number of alkyl halides is 4. The first-order valence-electron chi connectivity index (χ1n) is 8.69. The summed E-state index contributed by atoms with van der Waals surface area (Å²) >= 11 is 5.54. The second-order valence-corrected chi connectivity index (χ2v) is 6.28. The van der Waals surface area contributed by atoms with Gasteiger partial charge in [0.05, 0.1) is 12.7 Å². The van der Waals surface area contributed by atoms with Gasteiger partial charge in [0.25, 0.3) is 0 Å². The molecule has 0 aliphatic carbocycles. The van der Waals surface area contributed by atoms with E-state index in [-0.39, 0.29) is 48.8 Å². The minimum atomic E-state index is -4.49. The molecule has 1 rings (SSSR count). The van der Waals surface area contributed by atoms with E-state index in [4.69, 9.17) is 21.1 Å². The SMILES string of the molecule is CCOC(=O)[C@H](Cc1ccc(O/C(=C\C(F)(F)F)CCCCl)cc1)NC(C)=O. The van der Waals surface area contributed by atoms with Crippen molar-refractivity contribution in [3.8, 4) is 5.75 Å². The van der Waals surface area contributed by atoms with Crippen LogP contribution in [0.15, 0.2) is 36.1 Å². The second kappa shape index (κ2) is 11.6. The second-order valence-electron chi connectivity index (χ2n) is 5.90. The third-order valence-corrected chi connectivity index (χ3v) is 3.71. The molecule has 1 amide bonds. The highest BCUT2D eigenvalue weighted by atomic mass is 35.5. The van der Waals surface area contributed by atoms with Crippen LogP contribution in [0.4, 0.5) is 13.2 Å². The molecule has 1 N–H and O–H groups in total. The number of carbonyl (C=O) groups is 2. The molecule has 0 aliphatic heterocycles. The number of esters is 1. The number of carbonyl (C=O) groups excluding carboxylic acids is 2. The van der Waals surface area contributed by atoms with Crippen molar-refractivity contribution >= 4 is 23.5 Å². The van der Waals surface area contributed by atoms with Gasteiger partial charge in [-0.25, -0.2) is 4.79 Å². The smallest absolute Gasteiger partial charge is 0.412 e. The van der Waals surface area contributed by atoms with E-state index in [0.29, 0.717) is 12.0 Å². The molecule has 5 nitrogen and oxygen atoms in total. The molecule has 28 heavy (non-hydrogen) atoms. The van der Waals surface area contributed by atoms with Crippen molar-refractivity contribution in [2.24, 2.45) is 0 Å². The fourth-order valence-corrected chi connectivity index (χ4v) is 2.47. The van der Waals surface area contributed by atoms with E-state index in [1.54, 1.807) is 19.1 Å². The molecule has 0 saturated heterocycles. The number of rotatable bonds is 10. The molecule has 0 bridgehead atoms.